The lowest BCUT2D eigenvalue weighted by molar-refractivity contribution is -0.346. The molecule has 1 aliphatic heterocycles. The molecule has 57 heavy (non-hydrogen) atoms. The van der Waals surface area contributed by atoms with E-state index in [1.807, 2.05) is 0 Å². The van der Waals surface area contributed by atoms with E-state index in [0.29, 0.717) is 5.56 Å². The third-order valence-electron chi connectivity index (χ3n) is 12.4. The van der Waals surface area contributed by atoms with Crippen LogP contribution in [0, 0.1) is 16.7 Å². The number of aliphatic hydroxyl groups is 4. The lowest BCUT2D eigenvalue weighted by Crippen LogP contribution is -2.81. The van der Waals surface area contributed by atoms with E-state index < -0.39 is 112 Å². The summed E-state index contributed by atoms with van der Waals surface area (Å²) in [4.78, 5) is 68.8. The Bertz CT molecular complexity index is 1940. The van der Waals surface area contributed by atoms with E-state index in [1.54, 1.807) is 69.6 Å². The van der Waals surface area contributed by atoms with Crippen molar-refractivity contribution in [3.63, 3.8) is 0 Å². The van der Waals surface area contributed by atoms with Crippen LogP contribution in [0.15, 0.2) is 58.3 Å². The van der Waals surface area contributed by atoms with E-state index in [0.717, 1.165) is 6.92 Å². The largest absolute Gasteiger partial charge is 0.456 e. The van der Waals surface area contributed by atoms with Gasteiger partial charge < -0.3 is 50.0 Å². The number of hydrogen-bond acceptors (Lipinski definition) is 14. The number of carbonyl (C=O) groups is 5. The summed E-state index contributed by atoms with van der Waals surface area (Å²) in [7, 11) is 0. The summed E-state index contributed by atoms with van der Waals surface area (Å²) in [6, 6.07) is 7.56. The number of nitrogens with one attached hydrogen (secondary N) is 2. The number of carbonyl (C=O) groups excluding carboxylic acids is 5. The molecular weight excluding hydrogens is 761 g/mol. The van der Waals surface area contributed by atoms with Gasteiger partial charge in [-0.25, -0.2) is 14.4 Å². The molecule has 3 aliphatic carbocycles. The van der Waals surface area contributed by atoms with Gasteiger partial charge in [0.05, 0.1) is 35.6 Å². The average Bonchev–Trinajstić information content (AvgIpc) is 3.66. The van der Waals surface area contributed by atoms with E-state index >= 15 is 0 Å². The molecule has 16 heteroatoms. The zero-order chi connectivity index (χ0) is 42.0. The first-order valence-corrected chi connectivity index (χ1v) is 19.8. The van der Waals surface area contributed by atoms with Crippen LogP contribution in [0.4, 0.5) is 4.79 Å². The molecule has 2 amide bonds. The first-order valence-electron chi connectivity index (χ1n) is 18.9. The standard InChI is InChI=1S/C41H52N2O13S/c1-20-24(54-35(50)30(47)28(23-14-15-57-18-23)42-36(51)43-37(3,4)5)17-41(52)33(55-34(49)22-12-10-9-11-13-22)31-39(8,32(48)29(46)27(20)38(41,6)7)25(45)16-26-40(31,19-53-26)56-21(2)44/h9-15,18,24-26,28-31,33,45-47,52H,16-17,19H2,1-8H3,(H2,42,43,51)/t24-,25-,26+,28-,29+,30+,31-,33-,39+,40-,41+/m0/s1. The molecule has 6 rings (SSSR count). The van der Waals surface area contributed by atoms with Gasteiger partial charge >= 0.3 is 23.9 Å². The Balaban J connectivity index is 1.48. The molecule has 15 nitrogen and oxygen atoms in total. The van der Waals surface area contributed by atoms with Crippen LogP contribution in [-0.4, -0.2) is 110 Å². The molecule has 0 spiro atoms. The Morgan fingerprint density at radius 3 is 2.26 bits per heavy atom. The Morgan fingerprint density at radius 2 is 1.70 bits per heavy atom. The van der Waals surface area contributed by atoms with E-state index in [9.17, 15) is 44.4 Å². The summed E-state index contributed by atoms with van der Waals surface area (Å²) >= 11 is 1.27. The molecule has 2 bridgehead atoms. The van der Waals surface area contributed by atoms with Crippen molar-refractivity contribution in [2.24, 2.45) is 16.7 Å². The molecule has 2 saturated carbocycles. The van der Waals surface area contributed by atoms with Gasteiger partial charge in [-0.05, 0) is 80.3 Å². The van der Waals surface area contributed by atoms with Gasteiger partial charge in [-0.15, -0.1) is 0 Å². The molecule has 1 aromatic heterocycles. The minimum Gasteiger partial charge on any atom is -0.456 e. The number of benzene rings is 1. The SMILES string of the molecule is CC(=O)O[C@@]12CO[C@@H]1C[C@H](O)[C@@]1(C)C(=O)[C@H](O)C3=C(C)[C@@H](OC(=O)[C@H](O)[C@@H](NC(=O)NC(C)(C)C)c4ccsc4)C[C@@](O)([C@@H](OC(=O)c4ccccc4)[C@H]21)C3(C)C. The van der Waals surface area contributed by atoms with Crippen molar-refractivity contribution in [3.8, 4) is 0 Å². The molecule has 2 heterocycles. The molecule has 6 N–H and O–H groups in total. The van der Waals surface area contributed by atoms with Crippen molar-refractivity contribution in [2.75, 3.05) is 6.61 Å². The highest BCUT2D eigenvalue weighted by Gasteiger charge is 2.78. The van der Waals surface area contributed by atoms with E-state index in [-0.39, 0.29) is 29.7 Å². The maximum Gasteiger partial charge on any atom is 0.338 e. The van der Waals surface area contributed by atoms with Gasteiger partial charge in [-0.3, -0.25) is 9.59 Å². The van der Waals surface area contributed by atoms with Crippen LogP contribution in [0.3, 0.4) is 0 Å². The summed E-state index contributed by atoms with van der Waals surface area (Å²) in [5.74, 6) is -5.29. The maximum absolute atomic E-state index is 14.9. The average molecular weight is 813 g/mol. The Kier molecular flexibility index (Phi) is 11.1. The second kappa shape index (κ2) is 14.9. The predicted molar refractivity (Wildman–Crippen MR) is 204 cm³/mol. The van der Waals surface area contributed by atoms with Gasteiger partial charge in [-0.1, -0.05) is 32.0 Å². The predicted octanol–water partition coefficient (Wildman–Crippen LogP) is 2.89. The molecule has 1 aromatic carbocycles. The van der Waals surface area contributed by atoms with Crippen molar-refractivity contribution in [2.45, 2.75) is 128 Å². The molecular formula is C41H52N2O13S. The smallest absolute Gasteiger partial charge is 0.338 e. The van der Waals surface area contributed by atoms with Crippen LogP contribution in [0.2, 0.25) is 0 Å². The topological polar surface area (TPSA) is 227 Å². The van der Waals surface area contributed by atoms with E-state index in [4.69, 9.17) is 18.9 Å². The second-order valence-electron chi connectivity index (χ2n) is 17.4. The van der Waals surface area contributed by atoms with Gasteiger partial charge in [0.25, 0.3) is 0 Å². The molecule has 310 valence electrons. The van der Waals surface area contributed by atoms with Gasteiger partial charge in [0, 0.05) is 30.7 Å². The Morgan fingerprint density at radius 1 is 1.04 bits per heavy atom. The number of ketones is 1. The van der Waals surface area contributed by atoms with Gasteiger partial charge in [0.1, 0.15) is 30.0 Å². The number of hydrogen-bond donors (Lipinski definition) is 6. The lowest BCUT2D eigenvalue weighted by atomic mass is 9.44. The minimum absolute atomic E-state index is 0.0493. The fraction of sp³-hybridized carbons (Fsp3) is 0.585. The maximum atomic E-state index is 14.9. The van der Waals surface area contributed by atoms with Crippen molar-refractivity contribution < 1.29 is 63.3 Å². The summed E-state index contributed by atoms with van der Waals surface area (Å²) in [6.45, 7) is 12.2. The summed E-state index contributed by atoms with van der Waals surface area (Å²) < 4.78 is 24.1. The minimum atomic E-state index is -2.34. The number of urea groups is 1. The molecule has 3 fully saturated rings. The first-order chi connectivity index (χ1) is 26.5. The number of amides is 2. The zero-order valence-corrected chi connectivity index (χ0v) is 34.0. The highest BCUT2D eigenvalue weighted by molar-refractivity contribution is 7.08. The van der Waals surface area contributed by atoms with Crippen molar-refractivity contribution in [3.05, 3.63) is 69.4 Å². The number of ether oxygens (including phenoxy) is 4. The van der Waals surface area contributed by atoms with Crippen LogP contribution in [0.1, 0.15) is 90.2 Å². The summed E-state index contributed by atoms with van der Waals surface area (Å²) in [5.41, 5.74) is -7.70. The molecule has 2 aromatic rings. The normalized spacial score (nSPS) is 34.1. The zero-order valence-electron chi connectivity index (χ0n) is 33.2. The van der Waals surface area contributed by atoms with Crippen molar-refractivity contribution in [1.82, 2.24) is 10.6 Å². The monoisotopic (exact) mass is 812 g/mol. The number of thiophene rings is 1. The molecule has 0 radical (unpaired) electrons. The highest BCUT2D eigenvalue weighted by atomic mass is 32.1. The van der Waals surface area contributed by atoms with Crippen LogP contribution in [-0.2, 0) is 33.3 Å². The van der Waals surface area contributed by atoms with E-state index in [1.165, 1.54) is 37.3 Å². The molecule has 0 unspecified atom stereocenters. The van der Waals surface area contributed by atoms with Gasteiger partial charge in [0.15, 0.2) is 17.5 Å². The summed E-state index contributed by atoms with van der Waals surface area (Å²) in [6.07, 6.45) is -10.4. The van der Waals surface area contributed by atoms with Crippen LogP contribution >= 0.6 is 11.3 Å². The van der Waals surface area contributed by atoms with Crippen LogP contribution in [0.5, 0.6) is 0 Å². The number of esters is 3. The third kappa shape index (κ3) is 7.07. The van der Waals surface area contributed by atoms with Gasteiger partial charge in [0.2, 0.25) is 0 Å². The number of Topliss-reactive ketones (excluding diaryl/α,β-unsaturated/α-hetero) is 1. The fourth-order valence-corrected chi connectivity index (χ4v) is 10.1. The first kappa shape index (κ1) is 42.4. The van der Waals surface area contributed by atoms with Crippen molar-refractivity contribution in [1.29, 1.82) is 0 Å². The number of fused-ring (bicyclic) bond motifs is 5. The summed E-state index contributed by atoms with van der Waals surface area (Å²) in [5, 5.41) is 57.7. The highest BCUT2D eigenvalue weighted by Crippen LogP contribution is 2.64. The Labute approximate surface area is 334 Å². The van der Waals surface area contributed by atoms with Crippen LogP contribution in [0.25, 0.3) is 0 Å². The van der Waals surface area contributed by atoms with E-state index in [2.05, 4.69) is 10.6 Å². The second-order valence-corrected chi connectivity index (χ2v) is 18.2. The molecule has 4 aliphatic rings. The van der Waals surface area contributed by atoms with Gasteiger partial charge in [-0.2, -0.15) is 11.3 Å². The number of rotatable bonds is 8. The Hall–Kier alpha value is -4.19. The fourth-order valence-electron chi connectivity index (χ4n) is 9.43. The quantitative estimate of drug-likeness (QED) is 0.128. The third-order valence-corrected chi connectivity index (χ3v) is 13.1. The molecule has 11 atom stereocenters. The lowest BCUT2D eigenvalue weighted by Gasteiger charge is -2.67. The van der Waals surface area contributed by atoms with Crippen molar-refractivity contribution >= 4 is 41.1 Å². The van der Waals surface area contributed by atoms with Crippen LogP contribution < -0.4 is 10.6 Å². The molecule has 1 saturated heterocycles. The number of aliphatic hydroxyl groups excluding tert-OH is 3.